The molecule has 0 aliphatic carbocycles. The van der Waals surface area contributed by atoms with Crippen LogP contribution in [0.15, 0.2) is 47.3 Å². The number of hydrogen-bond donors (Lipinski definition) is 2. The summed E-state index contributed by atoms with van der Waals surface area (Å²) in [6.07, 6.45) is 0. The predicted octanol–water partition coefficient (Wildman–Crippen LogP) is 1.23. The number of ether oxygens (including phenoxy) is 1. The highest BCUT2D eigenvalue weighted by atomic mass is 16.5. The summed E-state index contributed by atoms with van der Waals surface area (Å²) in [4.78, 5) is 48.6. The Morgan fingerprint density at radius 1 is 1.14 bits per heavy atom. The molecule has 0 spiro atoms. The van der Waals surface area contributed by atoms with E-state index in [9.17, 15) is 19.2 Å². The van der Waals surface area contributed by atoms with E-state index in [1.165, 1.54) is 19.2 Å². The average Bonchev–Trinajstić information content (AvgIpc) is 2.71. The summed E-state index contributed by atoms with van der Waals surface area (Å²) >= 11 is 0. The fourth-order valence-electron chi connectivity index (χ4n) is 2.85. The Kier molecular flexibility index (Phi) is 5.40. The van der Waals surface area contributed by atoms with Gasteiger partial charge >= 0.3 is 5.97 Å². The maximum atomic E-state index is 12.6. The molecule has 0 saturated carbocycles. The van der Waals surface area contributed by atoms with E-state index in [0.29, 0.717) is 16.6 Å². The average molecular weight is 394 g/mol. The van der Waals surface area contributed by atoms with Gasteiger partial charge < -0.3 is 15.8 Å². The number of fused-ring (bicyclic) bond motifs is 1. The number of methoxy groups -OCH3 is 1. The van der Waals surface area contributed by atoms with Crippen molar-refractivity contribution in [2.45, 2.75) is 13.5 Å². The number of carbonyl (C=O) groups excluding carboxylic acids is 3. The first-order valence-corrected chi connectivity index (χ1v) is 8.60. The zero-order valence-electron chi connectivity index (χ0n) is 15.8. The number of aromatic nitrogens is 2. The summed E-state index contributed by atoms with van der Waals surface area (Å²) in [5.74, 6) is -1.91. The largest absolute Gasteiger partial charge is 0.465 e. The number of rotatable bonds is 5. The van der Waals surface area contributed by atoms with Crippen LogP contribution in [0.1, 0.15) is 26.4 Å². The van der Waals surface area contributed by atoms with Crippen LogP contribution in [0.25, 0.3) is 10.8 Å². The van der Waals surface area contributed by atoms with E-state index in [1.54, 1.807) is 37.3 Å². The van der Waals surface area contributed by atoms with Crippen molar-refractivity contribution in [1.29, 1.82) is 0 Å². The number of nitrogens with one attached hydrogen (secondary N) is 1. The Labute approximate surface area is 165 Å². The third kappa shape index (κ3) is 3.98. The minimum absolute atomic E-state index is 0.100. The first-order chi connectivity index (χ1) is 13.8. The van der Waals surface area contributed by atoms with Gasteiger partial charge in [0, 0.05) is 11.1 Å². The van der Waals surface area contributed by atoms with Crippen LogP contribution in [0.3, 0.4) is 0 Å². The van der Waals surface area contributed by atoms with E-state index in [4.69, 9.17) is 5.73 Å². The van der Waals surface area contributed by atoms with Crippen molar-refractivity contribution in [3.8, 4) is 0 Å². The molecule has 3 aromatic rings. The lowest BCUT2D eigenvalue weighted by molar-refractivity contribution is -0.117. The van der Waals surface area contributed by atoms with Gasteiger partial charge in [-0.1, -0.05) is 24.3 Å². The van der Waals surface area contributed by atoms with Crippen LogP contribution >= 0.6 is 0 Å². The third-order valence-corrected chi connectivity index (χ3v) is 4.33. The van der Waals surface area contributed by atoms with Crippen LogP contribution in [0, 0.1) is 6.92 Å². The number of aryl methyl sites for hydroxylation is 1. The number of benzene rings is 2. The maximum absolute atomic E-state index is 12.6. The summed E-state index contributed by atoms with van der Waals surface area (Å²) in [6.45, 7) is 1.31. The lowest BCUT2D eigenvalue weighted by Crippen LogP contribution is -2.32. The zero-order valence-corrected chi connectivity index (χ0v) is 15.8. The molecule has 29 heavy (non-hydrogen) atoms. The van der Waals surface area contributed by atoms with E-state index >= 15 is 0 Å². The van der Waals surface area contributed by atoms with Gasteiger partial charge in [0.15, 0.2) is 5.69 Å². The molecule has 1 aromatic heterocycles. The fourth-order valence-corrected chi connectivity index (χ4v) is 2.85. The van der Waals surface area contributed by atoms with Gasteiger partial charge in [0.2, 0.25) is 5.91 Å². The molecule has 0 unspecified atom stereocenters. The first-order valence-electron chi connectivity index (χ1n) is 8.60. The van der Waals surface area contributed by atoms with Crippen molar-refractivity contribution in [2.75, 3.05) is 12.4 Å². The molecule has 3 N–H and O–H groups in total. The maximum Gasteiger partial charge on any atom is 0.337 e. The normalized spacial score (nSPS) is 10.6. The van der Waals surface area contributed by atoms with Crippen molar-refractivity contribution in [3.63, 3.8) is 0 Å². The van der Waals surface area contributed by atoms with Crippen LogP contribution in [0.4, 0.5) is 5.69 Å². The second-order valence-electron chi connectivity index (χ2n) is 6.29. The Hall–Kier alpha value is -4.01. The molecule has 0 fully saturated rings. The highest BCUT2D eigenvalue weighted by Crippen LogP contribution is 2.18. The van der Waals surface area contributed by atoms with E-state index < -0.39 is 29.9 Å². The molecule has 0 aliphatic rings. The number of esters is 1. The summed E-state index contributed by atoms with van der Waals surface area (Å²) in [7, 11) is 1.26. The SMILES string of the molecule is COC(=O)c1ccc(C)c(NC(=O)Cn2nc(C(N)=O)c3ccccc3c2=O)c1. The van der Waals surface area contributed by atoms with Crippen LogP contribution in [0.5, 0.6) is 0 Å². The standard InChI is InChI=1S/C20H18N4O5/c1-11-7-8-12(20(28)29-2)9-15(11)22-16(25)10-24-19(27)14-6-4-3-5-13(14)17(23-24)18(21)26/h3-9H,10H2,1-2H3,(H2,21,26)(H,22,25). The highest BCUT2D eigenvalue weighted by Gasteiger charge is 2.17. The van der Waals surface area contributed by atoms with Gasteiger partial charge in [-0.25, -0.2) is 9.48 Å². The molecule has 0 saturated heterocycles. The molecule has 0 atom stereocenters. The Balaban J connectivity index is 1.93. The summed E-state index contributed by atoms with van der Waals surface area (Å²) in [5, 5.41) is 7.15. The van der Waals surface area contributed by atoms with Gasteiger partial charge in [-0.3, -0.25) is 14.4 Å². The monoisotopic (exact) mass is 394 g/mol. The molecule has 0 bridgehead atoms. The van der Waals surface area contributed by atoms with Gasteiger partial charge in [0.1, 0.15) is 6.54 Å². The van der Waals surface area contributed by atoms with Gasteiger partial charge in [-0.15, -0.1) is 0 Å². The molecule has 1 heterocycles. The van der Waals surface area contributed by atoms with Crippen LogP contribution in [-0.4, -0.2) is 34.7 Å². The van der Waals surface area contributed by atoms with Crippen molar-refractivity contribution in [2.24, 2.45) is 5.73 Å². The summed E-state index contributed by atoms with van der Waals surface area (Å²) in [5.41, 5.74) is 6.11. The molecule has 2 aromatic carbocycles. The van der Waals surface area contributed by atoms with Gasteiger partial charge in [-0.2, -0.15) is 5.10 Å². The number of nitrogens with zero attached hydrogens (tertiary/aromatic N) is 2. The van der Waals surface area contributed by atoms with Crippen molar-refractivity contribution < 1.29 is 19.1 Å². The topological polar surface area (TPSA) is 133 Å². The lowest BCUT2D eigenvalue weighted by atomic mass is 10.1. The van der Waals surface area contributed by atoms with E-state index in [-0.39, 0.29) is 16.6 Å². The number of amides is 2. The lowest BCUT2D eigenvalue weighted by Gasteiger charge is -2.12. The zero-order chi connectivity index (χ0) is 21.1. The molecular formula is C20H18N4O5. The smallest absolute Gasteiger partial charge is 0.337 e. The molecule has 9 heteroatoms. The minimum atomic E-state index is -0.808. The summed E-state index contributed by atoms with van der Waals surface area (Å²) < 4.78 is 5.56. The van der Waals surface area contributed by atoms with Crippen molar-refractivity contribution in [1.82, 2.24) is 9.78 Å². The molecule has 9 nitrogen and oxygen atoms in total. The molecule has 0 radical (unpaired) electrons. The third-order valence-electron chi connectivity index (χ3n) is 4.33. The van der Waals surface area contributed by atoms with Crippen molar-refractivity contribution in [3.05, 3.63) is 69.6 Å². The molecule has 2 amide bonds. The Morgan fingerprint density at radius 3 is 2.48 bits per heavy atom. The Bertz CT molecular complexity index is 1200. The second kappa shape index (κ2) is 7.93. The summed E-state index contributed by atoms with van der Waals surface area (Å²) in [6, 6.07) is 11.1. The van der Waals surface area contributed by atoms with Crippen LogP contribution in [0.2, 0.25) is 0 Å². The molecule has 0 aliphatic heterocycles. The number of hydrogen-bond acceptors (Lipinski definition) is 6. The first kappa shape index (κ1) is 19.7. The van der Waals surface area contributed by atoms with E-state index in [1.807, 2.05) is 0 Å². The van der Waals surface area contributed by atoms with Crippen molar-refractivity contribution >= 4 is 34.2 Å². The predicted molar refractivity (Wildman–Crippen MR) is 106 cm³/mol. The van der Waals surface area contributed by atoms with E-state index in [0.717, 1.165) is 4.68 Å². The van der Waals surface area contributed by atoms with Gasteiger partial charge in [0.25, 0.3) is 11.5 Å². The quantitative estimate of drug-likeness (QED) is 0.625. The highest BCUT2D eigenvalue weighted by molar-refractivity contribution is 6.04. The number of anilines is 1. The second-order valence-corrected chi connectivity index (χ2v) is 6.29. The van der Waals surface area contributed by atoms with Gasteiger partial charge in [0.05, 0.1) is 18.1 Å². The number of carbonyl (C=O) groups is 3. The molecule has 3 rings (SSSR count). The Morgan fingerprint density at radius 2 is 1.83 bits per heavy atom. The van der Waals surface area contributed by atoms with Crippen LogP contribution < -0.4 is 16.6 Å². The number of nitrogens with two attached hydrogens (primary N) is 1. The van der Waals surface area contributed by atoms with Gasteiger partial charge in [-0.05, 0) is 30.7 Å². The molecule has 148 valence electrons. The van der Waals surface area contributed by atoms with E-state index in [2.05, 4.69) is 15.2 Å². The molecular weight excluding hydrogens is 376 g/mol. The fraction of sp³-hybridized carbons (Fsp3) is 0.150. The number of primary amides is 1. The minimum Gasteiger partial charge on any atom is -0.465 e. The van der Waals surface area contributed by atoms with Crippen LogP contribution in [-0.2, 0) is 16.1 Å².